The number of hydrogen-bond donors (Lipinski definition) is 3. The predicted molar refractivity (Wildman–Crippen MR) is 113 cm³/mol. The Balaban J connectivity index is 2.00. The van der Waals surface area contributed by atoms with Crippen LogP contribution in [0.2, 0.25) is 0 Å². The molecule has 28 heavy (non-hydrogen) atoms. The van der Waals surface area contributed by atoms with Crippen molar-refractivity contribution in [2.24, 2.45) is 17.5 Å². The van der Waals surface area contributed by atoms with Crippen LogP contribution >= 0.6 is 11.3 Å². The van der Waals surface area contributed by atoms with Gasteiger partial charge in [-0.2, -0.15) is 0 Å². The van der Waals surface area contributed by atoms with E-state index in [2.05, 4.69) is 48.7 Å². The van der Waals surface area contributed by atoms with Crippen LogP contribution in [0.25, 0.3) is 0 Å². The van der Waals surface area contributed by atoms with Gasteiger partial charge in [-0.1, -0.05) is 6.07 Å². The number of aromatic nitrogens is 3. The molecule has 0 radical (unpaired) electrons. The van der Waals surface area contributed by atoms with Crippen LogP contribution in [0.4, 0.5) is 0 Å². The lowest BCUT2D eigenvalue weighted by Crippen LogP contribution is -2.48. The molecule has 0 saturated heterocycles. The van der Waals surface area contributed by atoms with Crippen LogP contribution in [0.5, 0.6) is 0 Å². The summed E-state index contributed by atoms with van der Waals surface area (Å²) in [7, 11) is 1.93. The summed E-state index contributed by atoms with van der Waals surface area (Å²) in [4.78, 5) is 18.2. The first-order chi connectivity index (χ1) is 13.3. The molecule has 0 fully saturated rings. The summed E-state index contributed by atoms with van der Waals surface area (Å²) in [5.74, 6) is 2.32. The van der Waals surface area contributed by atoms with Gasteiger partial charge in [-0.3, -0.25) is 4.79 Å². The van der Waals surface area contributed by atoms with Gasteiger partial charge in [-0.25, -0.2) is 4.99 Å². The number of aliphatic imine (C=N–C) groups is 1. The molecular weight excluding hydrogens is 374 g/mol. The monoisotopic (exact) mass is 405 g/mol. The van der Waals surface area contributed by atoms with Gasteiger partial charge in [-0.05, 0) is 45.6 Å². The molecule has 0 atom stereocenters. The van der Waals surface area contributed by atoms with E-state index in [0.717, 1.165) is 24.6 Å². The Kier molecular flexibility index (Phi) is 7.98. The Morgan fingerprint density at radius 1 is 1.29 bits per heavy atom. The molecule has 2 aromatic heterocycles. The van der Waals surface area contributed by atoms with Crippen molar-refractivity contribution in [3.8, 4) is 0 Å². The molecule has 9 heteroatoms. The number of nitrogens with zero attached hydrogens (tertiary/aromatic N) is 4. The molecule has 0 aliphatic carbocycles. The number of thiophene rings is 1. The Morgan fingerprint density at radius 2 is 2.07 bits per heavy atom. The highest BCUT2D eigenvalue weighted by molar-refractivity contribution is 7.09. The fourth-order valence-electron chi connectivity index (χ4n) is 2.46. The number of amides is 1. The molecule has 0 aliphatic heterocycles. The molecule has 2 heterocycles. The highest BCUT2D eigenvalue weighted by atomic mass is 32.1. The van der Waals surface area contributed by atoms with E-state index < -0.39 is 5.41 Å². The maximum Gasteiger partial charge on any atom is 0.227 e. The number of carbonyl (C=O) groups excluding carboxylic acids is 1. The van der Waals surface area contributed by atoms with E-state index in [-0.39, 0.29) is 5.91 Å². The normalized spacial score (nSPS) is 12.1. The van der Waals surface area contributed by atoms with E-state index in [1.54, 1.807) is 11.3 Å². The Labute approximate surface area is 170 Å². The van der Waals surface area contributed by atoms with Crippen molar-refractivity contribution in [1.29, 1.82) is 0 Å². The van der Waals surface area contributed by atoms with Gasteiger partial charge >= 0.3 is 0 Å². The van der Waals surface area contributed by atoms with E-state index in [4.69, 9.17) is 0 Å². The van der Waals surface area contributed by atoms with Gasteiger partial charge in [0.1, 0.15) is 12.4 Å². The second kappa shape index (κ2) is 10.2. The van der Waals surface area contributed by atoms with Crippen molar-refractivity contribution < 1.29 is 4.79 Å². The van der Waals surface area contributed by atoms with E-state index in [0.29, 0.717) is 25.6 Å². The average molecular weight is 406 g/mol. The molecule has 3 N–H and O–H groups in total. The lowest BCUT2D eigenvalue weighted by Gasteiger charge is -2.25. The zero-order valence-corrected chi connectivity index (χ0v) is 18.2. The van der Waals surface area contributed by atoms with Crippen molar-refractivity contribution in [3.05, 3.63) is 34.0 Å². The van der Waals surface area contributed by atoms with Crippen molar-refractivity contribution in [3.63, 3.8) is 0 Å². The number of aryl methyl sites for hydroxylation is 1. The van der Waals surface area contributed by atoms with Crippen molar-refractivity contribution in [1.82, 2.24) is 30.7 Å². The molecule has 0 spiro atoms. The van der Waals surface area contributed by atoms with E-state index >= 15 is 0 Å². The lowest BCUT2D eigenvalue weighted by atomic mass is 9.92. The van der Waals surface area contributed by atoms with Gasteiger partial charge in [0.25, 0.3) is 0 Å². The van der Waals surface area contributed by atoms with Crippen LogP contribution in [0, 0.1) is 12.3 Å². The first kappa shape index (κ1) is 21.9. The van der Waals surface area contributed by atoms with E-state index in [1.165, 1.54) is 4.88 Å². The maximum absolute atomic E-state index is 12.2. The highest BCUT2D eigenvalue weighted by Crippen LogP contribution is 2.13. The topological polar surface area (TPSA) is 96.2 Å². The summed E-state index contributed by atoms with van der Waals surface area (Å²) in [5.41, 5.74) is -0.548. The molecule has 2 rings (SSSR count). The summed E-state index contributed by atoms with van der Waals surface area (Å²) in [6.45, 7) is 9.92. The van der Waals surface area contributed by atoms with Gasteiger partial charge < -0.3 is 20.5 Å². The van der Waals surface area contributed by atoms with Crippen molar-refractivity contribution in [2.75, 3.05) is 19.6 Å². The van der Waals surface area contributed by atoms with Crippen LogP contribution in [0.3, 0.4) is 0 Å². The average Bonchev–Trinajstić information content (AvgIpc) is 3.28. The van der Waals surface area contributed by atoms with E-state index in [1.807, 2.05) is 39.3 Å². The fourth-order valence-corrected chi connectivity index (χ4v) is 3.17. The second-order valence-corrected chi connectivity index (χ2v) is 8.27. The zero-order chi connectivity index (χ0) is 20.6. The minimum Gasteiger partial charge on any atom is -0.356 e. The van der Waals surface area contributed by atoms with E-state index in [9.17, 15) is 4.79 Å². The maximum atomic E-state index is 12.2. The largest absolute Gasteiger partial charge is 0.356 e. The number of carbonyl (C=O) groups is 1. The summed E-state index contributed by atoms with van der Waals surface area (Å²) in [6, 6.07) is 4.18. The molecule has 0 aromatic carbocycles. The summed E-state index contributed by atoms with van der Waals surface area (Å²) in [5, 5.41) is 19.8. The molecule has 0 aliphatic rings. The summed E-state index contributed by atoms with van der Waals surface area (Å²) >= 11 is 1.74. The minimum absolute atomic E-state index is 0.0179. The van der Waals surface area contributed by atoms with Crippen molar-refractivity contribution >= 4 is 23.2 Å². The third-order valence-electron chi connectivity index (χ3n) is 4.46. The second-order valence-electron chi connectivity index (χ2n) is 7.24. The first-order valence-electron chi connectivity index (χ1n) is 9.51. The molecule has 0 saturated carbocycles. The first-order valence-corrected chi connectivity index (χ1v) is 10.4. The van der Waals surface area contributed by atoms with Gasteiger partial charge in [0.05, 0.1) is 5.41 Å². The quantitative estimate of drug-likeness (QED) is 0.435. The van der Waals surface area contributed by atoms with Crippen molar-refractivity contribution in [2.45, 2.75) is 40.7 Å². The number of guanidine groups is 1. The summed E-state index contributed by atoms with van der Waals surface area (Å²) in [6.07, 6.45) is 0.918. The summed E-state index contributed by atoms with van der Waals surface area (Å²) < 4.78 is 1.92. The highest BCUT2D eigenvalue weighted by Gasteiger charge is 2.27. The number of rotatable bonds is 9. The van der Waals surface area contributed by atoms with Crippen LogP contribution < -0.4 is 16.0 Å². The molecule has 154 valence electrons. The molecule has 1 amide bonds. The molecular formula is C19H31N7OS. The third kappa shape index (κ3) is 6.33. The fraction of sp³-hybridized carbons (Fsp3) is 0.579. The minimum atomic E-state index is -0.548. The van der Waals surface area contributed by atoms with Crippen LogP contribution in [-0.4, -0.2) is 46.3 Å². The Hall–Kier alpha value is -2.42. The van der Waals surface area contributed by atoms with Gasteiger partial charge in [0.2, 0.25) is 5.91 Å². The van der Waals surface area contributed by atoms with Gasteiger partial charge in [0.15, 0.2) is 11.8 Å². The molecule has 0 bridgehead atoms. The van der Waals surface area contributed by atoms with Crippen LogP contribution in [0.15, 0.2) is 22.5 Å². The Morgan fingerprint density at radius 3 is 2.68 bits per heavy atom. The lowest BCUT2D eigenvalue weighted by molar-refractivity contribution is -0.128. The SMILES string of the molecule is CCNC(=O)C(C)(C)CNC(=NCc1nnc(C)n1C)NCCc1cccs1. The van der Waals surface area contributed by atoms with Crippen LogP contribution in [-0.2, 0) is 24.8 Å². The standard InChI is InChI=1S/C19H31N7OS/c1-6-20-17(27)19(3,4)13-23-18(21-10-9-15-8-7-11-28-15)22-12-16-25-24-14(2)26(16)5/h7-8,11H,6,9-10,12-13H2,1-5H3,(H,20,27)(H2,21,22,23). The Bertz CT molecular complexity index is 780. The number of nitrogens with one attached hydrogen (secondary N) is 3. The molecule has 2 aromatic rings. The zero-order valence-electron chi connectivity index (χ0n) is 17.4. The molecule has 8 nitrogen and oxygen atoms in total. The smallest absolute Gasteiger partial charge is 0.227 e. The van der Waals surface area contributed by atoms with Crippen LogP contribution in [0.1, 0.15) is 37.3 Å². The molecule has 0 unspecified atom stereocenters. The third-order valence-corrected chi connectivity index (χ3v) is 5.39. The number of hydrogen-bond acceptors (Lipinski definition) is 5. The van der Waals surface area contributed by atoms with Gasteiger partial charge in [-0.15, -0.1) is 21.5 Å². The predicted octanol–water partition coefficient (Wildman–Crippen LogP) is 1.63. The van der Waals surface area contributed by atoms with Gasteiger partial charge in [0, 0.05) is 31.6 Å².